The maximum absolute atomic E-state index is 11.4. The van der Waals surface area contributed by atoms with E-state index in [0.717, 1.165) is 23.0 Å². The van der Waals surface area contributed by atoms with Gasteiger partial charge in [0.1, 0.15) is 11.9 Å². The summed E-state index contributed by atoms with van der Waals surface area (Å²) in [6, 6.07) is 9.41. The minimum atomic E-state index is -0.192. The Kier molecular flexibility index (Phi) is 3.51. The quantitative estimate of drug-likeness (QED) is 0.806. The standard InChI is InChI=1S/C17H16N4O/c1-11(2)9-21-10-13(8-18)14-7-12(3-4-15(14)21)17-19-6-5-16(22)20-17/h3-7,10-11H,9H2,1-2H3,(H,19,20,22). The van der Waals surface area contributed by atoms with Gasteiger partial charge in [-0.15, -0.1) is 0 Å². The number of nitrogens with one attached hydrogen (secondary N) is 1. The lowest BCUT2D eigenvalue weighted by Crippen LogP contribution is -2.05. The number of benzene rings is 1. The summed E-state index contributed by atoms with van der Waals surface area (Å²) in [5.74, 6) is 1.00. The Bertz CT molecular complexity index is 928. The van der Waals surface area contributed by atoms with Gasteiger partial charge in [0.15, 0.2) is 0 Å². The molecule has 2 aromatic heterocycles. The van der Waals surface area contributed by atoms with Gasteiger partial charge in [-0.05, 0) is 24.1 Å². The summed E-state index contributed by atoms with van der Waals surface area (Å²) in [7, 11) is 0. The van der Waals surface area contributed by atoms with Crippen LogP contribution in [0.4, 0.5) is 0 Å². The van der Waals surface area contributed by atoms with Gasteiger partial charge < -0.3 is 9.55 Å². The molecule has 5 heteroatoms. The second-order valence-corrected chi connectivity index (χ2v) is 5.72. The Hall–Kier alpha value is -2.87. The molecule has 110 valence electrons. The fourth-order valence-electron chi connectivity index (χ4n) is 2.59. The maximum atomic E-state index is 11.4. The zero-order valence-electron chi connectivity index (χ0n) is 12.5. The zero-order chi connectivity index (χ0) is 15.7. The number of hydrogen-bond acceptors (Lipinski definition) is 3. The predicted molar refractivity (Wildman–Crippen MR) is 85.3 cm³/mol. The van der Waals surface area contributed by atoms with Crippen LogP contribution in [0.15, 0.2) is 41.5 Å². The van der Waals surface area contributed by atoms with Gasteiger partial charge in [0.2, 0.25) is 0 Å². The van der Waals surface area contributed by atoms with Gasteiger partial charge in [-0.3, -0.25) is 4.79 Å². The Morgan fingerprint density at radius 2 is 2.18 bits per heavy atom. The fourth-order valence-corrected chi connectivity index (χ4v) is 2.59. The molecular weight excluding hydrogens is 276 g/mol. The molecule has 0 unspecified atom stereocenters. The number of aromatic nitrogens is 3. The van der Waals surface area contributed by atoms with Gasteiger partial charge in [0, 0.05) is 41.5 Å². The van der Waals surface area contributed by atoms with Gasteiger partial charge in [0.25, 0.3) is 5.56 Å². The molecule has 0 aliphatic carbocycles. The highest BCUT2D eigenvalue weighted by molar-refractivity contribution is 5.89. The van der Waals surface area contributed by atoms with Crippen LogP contribution in [-0.2, 0) is 6.54 Å². The minimum absolute atomic E-state index is 0.192. The first kappa shape index (κ1) is 14.1. The van der Waals surface area contributed by atoms with Crippen LogP contribution < -0.4 is 5.56 Å². The van der Waals surface area contributed by atoms with E-state index in [1.807, 2.05) is 24.4 Å². The SMILES string of the molecule is CC(C)Cn1cc(C#N)c2cc(-c3nccc(=O)[nH]3)ccc21. The van der Waals surface area contributed by atoms with Gasteiger partial charge in [-0.1, -0.05) is 13.8 Å². The molecule has 1 N–H and O–H groups in total. The lowest BCUT2D eigenvalue weighted by Gasteiger charge is -2.08. The van der Waals surface area contributed by atoms with Crippen molar-refractivity contribution in [1.29, 1.82) is 5.26 Å². The van der Waals surface area contributed by atoms with Crippen molar-refractivity contribution < 1.29 is 0 Å². The fraction of sp³-hybridized carbons (Fsp3) is 0.235. The molecular formula is C17H16N4O. The highest BCUT2D eigenvalue weighted by atomic mass is 16.1. The molecule has 0 atom stereocenters. The second kappa shape index (κ2) is 5.49. The number of nitrogens with zero attached hydrogens (tertiary/aromatic N) is 3. The smallest absolute Gasteiger partial charge is 0.251 e. The third kappa shape index (κ3) is 2.51. The van der Waals surface area contributed by atoms with Gasteiger partial charge in [-0.25, -0.2) is 4.98 Å². The van der Waals surface area contributed by atoms with E-state index in [1.165, 1.54) is 12.3 Å². The number of nitriles is 1. The highest BCUT2D eigenvalue weighted by Crippen LogP contribution is 2.26. The molecule has 5 nitrogen and oxygen atoms in total. The van der Waals surface area contributed by atoms with Crippen LogP contribution in [0.2, 0.25) is 0 Å². The molecule has 0 amide bonds. The van der Waals surface area contributed by atoms with E-state index in [-0.39, 0.29) is 5.56 Å². The summed E-state index contributed by atoms with van der Waals surface area (Å²) in [4.78, 5) is 18.3. The molecule has 0 saturated carbocycles. The first-order valence-corrected chi connectivity index (χ1v) is 7.17. The molecule has 0 fully saturated rings. The van der Waals surface area contributed by atoms with Gasteiger partial charge >= 0.3 is 0 Å². The van der Waals surface area contributed by atoms with Crippen LogP contribution >= 0.6 is 0 Å². The van der Waals surface area contributed by atoms with Crippen LogP contribution in [0, 0.1) is 17.2 Å². The van der Waals surface area contributed by atoms with E-state index in [1.54, 1.807) is 0 Å². The molecule has 3 rings (SSSR count). The van der Waals surface area contributed by atoms with Crippen molar-refractivity contribution in [2.75, 3.05) is 0 Å². The molecule has 0 aliphatic heterocycles. The summed E-state index contributed by atoms with van der Waals surface area (Å²) in [6.45, 7) is 5.15. The van der Waals surface area contributed by atoms with E-state index in [9.17, 15) is 10.1 Å². The van der Waals surface area contributed by atoms with Crippen molar-refractivity contribution in [2.24, 2.45) is 5.92 Å². The van der Waals surface area contributed by atoms with E-state index >= 15 is 0 Å². The average Bonchev–Trinajstić information content (AvgIpc) is 2.84. The molecule has 3 aromatic rings. The van der Waals surface area contributed by atoms with Crippen molar-refractivity contribution in [3.8, 4) is 17.5 Å². The van der Waals surface area contributed by atoms with E-state index in [4.69, 9.17) is 0 Å². The molecule has 0 spiro atoms. The van der Waals surface area contributed by atoms with Gasteiger partial charge in [0.05, 0.1) is 5.56 Å². The van der Waals surface area contributed by atoms with E-state index < -0.39 is 0 Å². The minimum Gasteiger partial charge on any atom is -0.346 e. The molecule has 1 aromatic carbocycles. The summed E-state index contributed by atoms with van der Waals surface area (Å²) < 4.78 is 2.10. The molecule has 0 saturated heterocycles. The molecule has 0 bridgehead atoms. The van der Waals surface area contributed by atoms with Crippen LogP contribution in [0.5, 0.6) is 0 Å². The average molecular weight is 292 g/mol. The largest absolute Gasteiger partial charge is 0.346 e. The Labute approximate surface area is 127 Å². The summed E-state index contributed by atoms with van der Waals surface area (Å²) in [5, 5.41) is 10.2. The third-order valence-electron chi connectivity index (χ3n) is 3.51. The normalized spacial score (nSPS) is 11.0. The lowest BCUT2D eigenvalue weighted by molar-refractivity contribution is 0.535. The first-order chi connectivity index (χ1) is 10.6. The van der Waals surface area contributed by atoms with Crippen molar-refractivity contribution in [3.63, 3.8) is 0 Å². The number of rotatable bonds is 3. The first-order valence-electron chi connectivity index (χ1n) is 7.17. The second-order valence-electron chi connectivity index (χ2n) is 5.72. The Balaban J connectivity index is 2.18. The topological polar surface area (TPSA) is 74.5 Å². The third-order valence-corrected chi connectivity index (χ3v) is 3.51. The van der Waals surface area contributed by atoms with Crippen molar-refractivity contribution >= 4 is 10.9 Å². The number of aromatic amines is 1. The van der Waals surface area contributed by atoms with Crippen LogP contribution in [0.25, 0.3) is 22.3 Å². The summed E-state index contributed by atoms with van der Waals surface area (Å²) in [5.41, 5.74) is 2.26. The number of hydrogen-bond donors (Lipinski definition) is 1. The Morgan fingerprint density at radius 1 is 1.36 bits per heavy atom. The highest BCUT2D eigenvalue weighted by Gasteiger charge is 2.11. The van der Waals surface area contributed by atoms with Crippen molar-refractivity contribution in [1.82, 2.24) is 14.5 Å². The monoisotopic (exact) mass is 292 g/mol. The molecule has 0 radical (unpaired) electrons. The Morgan fingerprint density at radius 3 is 2.86 bits per heavy atom. The number of fused-ring (bicyclic) bond motifs is 1. The lowest BCUT2D eigenvalue weighted by atomic mass is 10.1. The number of H-pyrrole nitrogens is 1. The molecule has 0 aliphatic rings. The van der Waals surface area contributed by atoms with Crippen LogP contribution in [-0.4, -0.2) is 14.5 Å². The van der Waals surface area contributed by atoms with Crippen molar-refractivity contribution in [3.05, 3.63) is 52.6 Å². The van der Waals surface area contributed by atoms with E-state index in [0.29, 0.717) is 17.3 Å². The van der Waals surface area contributed by atoms with Gasteiger partial charge in [-0.2, -0.15) is 5.26 Å². The van der Waals surface area contributed by atoms with Crippen LogP contribution in [0.3, 0.4) is 0 Å². The molecule has 22 heavy (non-hydrogen) atoms. The zero-order valence-corrected chi connectivity index (χ0v) is 12.5. The predicted octanol–water partition coefficient (Wildman–Crippen LogP) is 2.92. The van der Waals surface area contributed by atoms with Crippen LogP contribution in [0.1, 0.15) is 19.4 Å². The van der Waals surface area contributed by atoms with Crippen molar-refractivity contribution in [2.45, 2.75) is 20.4 Å². The summed E-state index contributed by atoms with van der Waals surface area (Å²) >= 11 is 0. The summed E-state index contributed by atoms with van der Waals surface area (Å²) in [6.07, 6.45) is 3.36. The van der Waals surface area contributed by atoms with E-state index in [2.05, 4.69) is 34.5 Å². The maximum Gasteiger partial charge on any atom is 0.251 e. The molecule has 2 heterocycles.